The molecule has 0 radical (unpaired) electrons. The van der Waals surface area contributed by atoms with E-state index < -0.39 is 0 Å². The number of aromatic amines is 1. The zero-order chi connectivity index (χ0) is 13.3. The lowest BCUT2D eigenvalue weighted by Crippen LogP contribution is -2.19. The molecule has 0 atom stereocenters. The molecule has 2 N–H and O–H groups in total. The first-order chi connectivity index (χ1) is 8.49. The Labute approximate surface area is 108 Å². The molecule has 0 aliphatic rings. The largest absolute Gasteiger partial charge is 0.358 e. The van der Waals surface area contributed by atoms with Crippen LogP contribution in [0.2, 0.25) is 0 Å². The molecule has 0 saturated carbocycles. The summed E-state index contributed by atoms with van der Waals surface area (Å²) in [6, 6.07) is 3.20. The van der Waals surface area contributed by atoms with E-state index in [1.807, 2.05) is 13.8 Å². The van der Waals surface area contributed by atoms with Crippen LogP contribution in [0.15, 0.2) is 12.1 Å². The fraction of sp³-hybridized carbons (Fsp3) is 0.467. The lowest BCUT2D eigenvalue weighted by Gasteiger charge is -2.07. The van der Waals surface area contributed by atoms with E-state index in [1.165, 1.54) is 5.56 Å². The van der Waals surface area contributed by atoms with Gasteiger partial charge in [0, 0.05) is 23.1 Å². The van der Waals surface area contributed by atoms with Crippen molar-refractivity contribution in [3.05, 3.63) is 34.8 Å². The monoisotopic (exact) mass is 248 g/mol. The summed E-state index contributed by atoms with van der Waals surface area (Å²) in [5.41, 5.74) is 4.31. The van der Waals surface area contributed by atoms with Gasteiger partial charge in [-0.25, -0.2) is 4.39 Å². The van der Waals surface area contributed by atoms with E-state index in [4.69, 9.17) is 0 Å². The summed E-state index contributed by atoms with van der Waals surface area (Å²) in [6.45, 7) is 10.1. The molecule has 2 nitrogen and oxygen atoms in total. The molecule has 0 bridgehead atoms. The van der Waals surface area contributed by atoms with E-state index in [0.717, 1.165) is 35.2 Å². The van der Waals surface area contributed by atoms with E-state index in [1.54, 1.807) is 12.1 Å². The quantitative estimate of drug-likeness (QED) is 0.849. The Balaban J connectivity index is 2.34. The first-order valence-corrected chi connectivity index (χ1v) is 6.47. The van der Waals surface area contributed by atoms with Gasteiger partial charge >= 0.3 is 0 Å². The fourth-order valence-electron chi connectivity index (χ4n) is 2.33. The first kappa shape index (κ1) is 13.1. The lowest BCUT2D eigenvalue weighted by atomic mass is 10.1. The van der Waals surface area contributed by atoms with Crippen molar-refractivity contribution < 1.29 is 4.39 Å². The van der Waals surface area contributed by atoms with Crippen molar-refractivity contribution in [1.82, 2.24) is 10.3 Å². The second-order valence-corrected chi connectivity index (χ2v) is 5.40. The highest BCUT2D eigenvalue weighted by Gasteiger charge is 2.11. The molecule has 0 saturated heterocycles. The van der Waals surface area contributed by atoms with Gasteiger partial charge in [0.15, 0.2) is 0 Å². The zero-order valence-electron chi connectivity index (χ0n) is 11.5. The minimum Gasteiger partial charge on any atom is -0.358 e. The number of fused-ring (bicyclic) bond motifs is 1. The van der Waals surface area contributed by atoms with Crippen LogP contribution < -0.4 is 5.32 Å². The summed E-state index contributed by atoms with van der Waals surface area (Å²) in [5, 5.41) is 4.42. The third kappa shape index (κ3) is 2.56. The average molecular weight is 248 g/mol. The number of hydrogen-bond acceptors (Lipinski definition) is 1. The van der Waals surface area contributed by atoms with Crippen LogP contribution in [0.1, 0.15) is 30.7 Å². The van der Waals surface area contributed by atoms with Crippen molar-refractivity contribution in [3.63, 3.8) is 0 Å². The molecule has 2 rings (SSSR count). The molecule has 0 amide bonds. The topological polar surface area (TPSA) is 27.8 Å². The summed E-state index contributed by atoms with van der Waals surface area (Å²) in [6.07, 6.45) is 0. The van der Waals surface area contributed by atoms with Gasteiger partial charge in [0.1, 0.15) is 5.82 Å². The van der Waals surface area contributed by atoms with Crippen molar-refractivity contribution >= 4 is 10.9 Å². The van der Waals surface area contributed by atoms with Crippen molar-refractivity contribution in [3.8, 4) is 0 Å². The van der Waals surface area contributed by atoms with Crippen molar-refractivity contribution in [2.24, 2.45) is 5.92 Å². The predicted octanol–water partition coefficient (Wildman–Crippen LogP) is 3.67. The Morgan fingerprint density at radius 3 is 2.67 bits per heavy atom. The van der Waals surface area contributed by atoms with E-state index in [2.05, 4.69) is 24.1 Å². The molecular weight excluding hydrogens is 227 g/mol. The molecule has 1 aromatic carbocycles. The van der Waals surface area contributed by atoms with Gasteiger partial charge in [-0.05, 0) is 49.6 Å². The van der Waals surface area contributed by atoms with Gasteiger partial charge in [-0.1, -0.05) is 13.8 Å². The summed E-state index contributed by atoms with van der Waals surface area (Å²) in [4.78, 5) is 3.35. The Kier molecular flexibility index (Phi) is 3.71. The fourth-order valence-corrected chi connectivity index (χ4v) is 2.33. The minimum atomic E-state index is -0.163. The molecule has 1 heterocycles. The summed E-state index contributed by atoms with van der Waals surface area (Å²) in [7, 11) is 0. The molecule has 0 unspecified atom stereocenters. The Bertz CT molecular complexity index is 555. The number of aromatic nitrogens is 1. The second-order valence-electron chi connectivity index (χ2n) is 5.40. The molecule has 98 valence electrons. The minimum absolute atomic E-state index is 0.163. The first-order valence-electron chi connectivity index (χ1n) is 6.47. The van der Waals surface area contributed by atoms with Gasteiger partial charge in [0.25, 0.3) is 0 Å². The molecule has 1 aromatic heterocycles. The molecule has 2 aromatic rings. The van der Waals surface area contributed by atoms with Crippen molar-refractivity contribution in [2.75, 3.05) is 6.54 Å². The third-order valence-electron chi connectivity index (χ3n) is 3.24. The zero-order valence-corrected chi connectivity index (χ0v) is 11.5. The molecule has 3 heteroatoms. The number of benzene rings is 1. The second kappa shape index (κ2) is 5.11. The predicted molar refractivity (Wildman–Crippen MR) is 74.3 cm³/mol. The van der Waals surface area contributed by atoms with Gasteiger partial charge in [-0.2, -0.15) is 0 Å². The number of H-pyrrole nitrogens is 1. The number of nitrogens with one attached hydrogen (secondary N) is 2. The normalized spacial score (nSPS) is 11.7. The SMILES string of the molecule is Cc1[nH]c2c(C)cc(F)cc2c1CNCC(C)C. The van der Waals surface area contributed by atoms with Crippen LogP contribution in [0.25, 0.3) is 10.9 Å². The van der Waals surface area contributed by atoms with Gasteiger partial charge in [-0.15, -0.1) is 0 Å². The highest BCUT2D eigenvalue weighted by atomic mass is 19.1. The van der Waals surface area contributed by atoms with E-state index >= 15 is 0 Å². The van der Waals surface area contributed by atoms with Crippen LogP contribution in [0.4, 0.5) is 4.39 Å². The molecule has 0 aliphatic heterocycles. The standard InChI is InChI=1S/C15H21FN2/c1-9(2)7-17-8-14-11(4)18-15-10(3)5-12(16)6-13(14)15/h5-6,9,17-18H,7-8H2,1-4H3. The van der Waals surface area contributed by atoms with Crippen molar-refractivity contribution in [1.29, 1.82) is 0 Å². The van der Waals surface area contributed by atoms with Gasteiger partial charge in [-0.3, -0.25) is 0 Å². The number of hydrogen-bond donors (Lipinski definition) is 2. The number of rotatable bonds is 4. The molecule has 0 aliphatic carbocycles. The van der Waals surface area contributed by atoms with Crippen LogP contribution in [-0.4, -0.2) is 11.5 Å². The highest BCUT2D eigenvalue weighted by Crippen LogP contribution is 2.25. The van der Waals surface area contributed by atoms with E-state index in [-0.39, 0.29) is 5.82 Å². The van der Waals surface area contributed by atoms with Crippen molar-refractivity contribution in [2.45, 2.75) is 34.2 Å². The average Bonchev–Trinajstić information content (AvgIpc) is 2.56. The summed E-state index contributed by atoms with van der Waals surface area (Å²) in [5.74, 6) is 0.457. The number of halogens is 1. The lowest BCUT2D eigenvalue weighted by molar-refractivity contribution is 0.552. The van der Waals surface area contributed by atoms with E-state index in [0.29, 0.717) is 5.92 Å². The maximum absolute atomic E-state index is 13.5. The number of aryl methyl sites for hydroxylation is 2. The Morgan fingerprint density at radius 1 is 1.28 bits per heavy atom. The molecule has 0 spiro atoms. The van der Waals surface area contributed by atoms with E-state index in [9.17, 15) is 4.39 Å². The van der Waals surface area contributed by atoms with Crippen LogP contribution in [0, 0.1) is 25.6 Å². The van der Waals surface area contributed by atoms with Crippen LogP contribution in [0.3, 0.4) is 0 Å². The Hall–Kier alpha value is -1.35. The molecular formula is C15H21FN2. The molecule has 0 fully saturated rings. The van der Waals surface area contributed by atoms with Gasteiger partial charge in [0.2, 0.25) is 0 Å². The highest BCUT2D eigenvalue weighted by molar-refractivity contribution is 5.87. The van der Waals surface area contributed by atoms with Crippen LogP contribution in [0.5, 0.6) is 0 Å². The summed E-state index contributed by atoms with van der Waals surface area (Å²) >= 11 is 0. The Morgan fingerprint density at radius 2 is 2.00 bits per heavy atom. The van der Waals surface area contributed by atoms with Crippen LogP contribution >= 0.6 is 0 Å². The summed E-state index contributed by atoms with van der Waals surface area (Å²) < 4.78 is 13.5. The van der Waals surface area contributed by atoms with Gasteiger partial charge < -0.3 is 10.3 Å². The third-order valence-corrected chi connectivity index (χ3v) is 3.24. The van der Waals surface area contributed by atoms with Crippen LogP contribution in [-0.2, 0) is 6.54 Å². The smallest absolute Gasteiger partial charge is 0.124 e. The maximum atomic E-state index is 13.5. The molecule has 18 heavy (non-hydrogen) atoms. The van der Waals surface area contributed by atoms with Gasteiger partial charge in [0.05, 0.1) is 0 Å². The maximum Gasteiger partial charge on any atom is 0.124 e.